The Morgan fingerprint density at radius 2 is 1.74 bits per heavy atom. The van der Waals surface area contributed by atoms with Crippen molar-refractivity contribution >= 4 is 35.1 Å². The van der Waals surface area contributed by atoms with Gasteiger partial charge in [0.25, 0.3) is 5.91 Å². The number of carbonyl (C=O) groups excluding carboxylic acids is 1. The summed E-state index contributed by atoms with van der Waals surface area (Å²) in [5.41, 5.74) is 5.18. The SMILES string of the molecule is Cc1ccc(NC(=O)c2ccc(C3SCCCS3)cc2)c(C)c1. The van der Waals surface area contributed by atoms with Gasteiger partial charge in [-0.3, -0.25) is 4.79 Å². The van der Waals surface area contributed by atoms with Crippen molar-refractivity contribution in [3.8, 4) is 0 Å². The number of rotatable bonds is 3. The van der Waals surface area contributed by atoms with Gasteiger partial charge >= 0.3 is 0 Å². The molecule has 3 rings (SSSR count). The van der Waals surface area contributed by atoms with Crippen molar-refractivity contribution in [3.63, 3.8) is 0 Å². The summed E-state index contributed by atoms with van der Waals surface area (Å²) in [6.07, 6.45) is 1.29. The smallest absolute Gasteiger partial charge is 0.255 e. The van der Waals surface area contributed by atoms with E-state index in [2.05, 4.69) is 30.4 Å². The largest absolute Gasteiger partial charge is 0.322 e. The summed E-state index contributed by atoms with van der Waals surface area (Å²) in [6.45, 7) is 4.07. The van der Waals surface area contributed by atoms with E-state index in [1.807, 2.05) is 54.7 Å². The van der Waals surface area contributed by atoms with E-state index in [1.165, 1.54) is 29.1 Å². The van der Waals surface area contributed by atoms with Gasteiger partial charge in [0, 0.05) is 11.3 Å². The molecule has 2 aromatic rings. The fourth-order valence-corrected chi connectivity index (χ4v) is 5.51. The molecule has 0 bridgehead atoms. The maximum atomic E-state index is 12.4. The van der Waals surface area contributed by atoms with Crippen LogP contribution in [0, 0.1) is 13.8 Å². The van der Waals surface area contributed by atoms with Gasteiger partial charge in [0.2, 0.25) is 0 Å². The van der Waals surface area contributed by atoms with Crippen LogP contribution < -0.4 is 5.32 Å². The Hall–Kier alpha value is -1.39. The molecule has 2 aromatic carbocycles. The molecule has 4 heteroatoms. The third kappa shape index (κ3) is 4.12. The molecule has 1 aliphatic heterocycles. The second kappa shape index (κ2) is 7.45. The molecule has 1 amide bonds. The van der Waals surface area contributed by atoms with Crippen LogP contribution in [0.4, 0.5) is 5.69 Å². The van der Waals surface area contributed by atoms with Gasteiger partial charge in [-0.15, -0.1) is 23.5 Å². The third-order valence-corrected chi connectivity index (χ3v) is 6.92. The Morgan fingerprint density at radius 1 is 1.04 bits per heavy atom. The lowest BCUT2D eigenvalue weighted by atomic mass is 10.1. The minimum atomic E-state index is -0.0487. The first-order chi connectivity index (χ1) is 11.1. The topological polar surface area (TPSA) is 29.1 Å². The molecule has 0 aliphatic carbocycles. The van der Waals surface area contributed by atoms with Crippen molar-refractivity contribution in [1.82, 2.24) is 0 Å². The van der Waals surface area contributed by atoms with Crippen LogP contribution in [0.5, 0.6) is 0 Å². The molecule has 2 nitrogen and oxygen atoms in total. The lowest BCUT2D eigenvalue weighted by Crippen LogP contribution is -2.13. The number of nitrogens with one attached hydrogen (secondary N) is 1. The minimum Gasteiger partial charge on any atom is -0.322 e. The molecule has 1 fully saturated rings. The van der Waals surface area contributed by atoms with Crippen LogP contribution in [-0.2, 0) is 0 Å². The Bertz CT molecular complexity index is 691. The van der Waals surface area contributed by atoms with Crippen LogP contribution in [0.1, 0.15) is 38.1 Å². The first-order valence-corrected chi connectivity index (χ1v) is 9.95. The quantitative estimate of drug-likeness (QED) is 0.806. The molecule has 1 aliphatic rings. The van der Waals surface area contributed by atoms with E-state index >= 15 is 0 Å². The molecule has 120 valence electrons. The van der Waals surface area contributed by atoms with Crippen LogP contribution in [0.25, 0.3) is 0 Å². The van der Waals surface area contributed by atoms with Gasteiger partial charge in [-0.2, -0.15) is 0 Å². The van der Waals surface area contributed by atoms with E-state index < -0.39 is 0 Å². The fraction of sp³-hybridized carbons (Fsp3) is 0.316. The lowest BCUT2D eigenvalue weighted by Gasteiger charge is -2.21. The fourth-order valence-electron chi connectivity index (χ4n) is 2.62. The molecule has 1 heterocycles. The summed E-state index contributed by atoms with van der Waals surface area (Å²) in [5.74, 6) is 2.41. The Kier molecular flexibility index (Phi) is 5.34. The Morgan fingerprint density at radius 3 is 2.39 bits per heavy atom. The van der Waals surface area contributed by atoms with Crippen molar-refractivity contribution in [1.29, 1.82) is 0 Å². The molecule has 1 saturated heterocycles. The normalized spacial score (nSPS) is 15.4. The average Bonchev–Trinajstić information content (AvgIpc) is 2.58. The lowest BCUT2D eigenvalue weighted by molar-refractivity contribution is 0.102. The van der Waals surface area contributed by atoms with Crippen molar-refractivity contribution in [3.05, 3.63) is 64.7 Å². The summed E-state index contributed by atoms with van der Waals surface area (Å²) in [4.78, 5) is 12.4. The summed E-state index contributed by atoms with van der Waals surface area (Å²) in [7, 11) is 0. The first-order valence-electron chi connectivity index (χ1n) is 7.85. The van der Waals surface area contributed by atoms with Crippen molar-refractivity contribution in [2.24, 2.45) is 0 Å². The first kappa shape index (κ1) is 16.5. The standard InChI is InChI=1S/C19H21NOS2/c1-13-4-9-17(14(2)12-13)20-18(21)15-5-7-16(8-6-15)19-22-10-3-11-23-19/h4-9,12,19H,3,10-11H2,1-2H3,(H,20,21). The highest BCUT2D eigenvalue weighted by Gasteiger charge is 2.17. The van der Waals surface area contributed by atoms with E-state index in [4.69, 9.17) is 0 Å². The number of carbonyl (C=O) groups is 1. The van der Waals surface area contributed by atoms with Gasteiger partial charge in [0.05, 0.1) is 4.58 Å². The molecular weight excluding hydrogens is 322 g/mol. The van der Waals surface area contributed by atoms with E-state index in [-0.39, 0.29) is 5.91 Å². The highest BCUT2D eigenvalue weighted by Crippen LogP contribution is 2.43. The molecule has 0 radical (unpaired) electrons. The maximum Gasteiger partial charge on any atom is 0.255 e. The number of benzene rings is 2. The van der Waals surface area contributed by atoms with E-state index in [9.17, 15) is 4.79 Å². The molecule has 0 unspecified atom stereocenters. The monoisotopic (exact) mass is 343 g/mol. The molecule has 0 saturated carbocycles. The summed E-state index contributed by atoms with van der Waals surface area (Å²) < 4.78 is 0.514. The molecule has 0 atom stereocenters. The molecule has 23 heavy (non-hydrogen) atoms. The summed E-state index contributed by atoms with van der Waals surface area (Å²) >= 11 is 4.00. The van der Waals surface area contributed by atoms with E-state index in [1.54, 1.807) is 0 Å². The van der Waals surface area contributed by atoms with E-state index in [0.29, 0.717) is 10.1 Å². The van der Waals surface area contributed by atoms with Gasteiger partial charge in [0.15, 0.2) is 0 Å². The predicted molar refractivity (Wildman–Crippen MR) is 103 cm³/mol. The minimum absolute atomic E-state index is 0.0487. The summed E-state index contributed by atoms with van der Waals surface area (Å²) in [5, 5.41) is 3.00. The zero-order chi connectivity index (χ0) is 16.2. The summed E-state index contributed by atoms with van der Waals surface area (Å²) in [6, 6.07) is 14.1. The number of hydrogen-bond donors (Lipinski definition) is 1. The van der Waals surface area contributed by atoms with Gasteiger partial charge < -0.3 is 5.32 Å². The second-order valence-corrected chi connectivity index (χ2v) is 8.55. The van der Waals surface area contributed by atoms with Crippen LogP contribution in [0.15, 0.2) is 42.5 Å². The molecular formula is C19H21NOS2. The van der Waals surface area contributed by atoms with Crippen molar-refractivity contribution < 1.29 is 4.79 Å². The number of amides is 1. The van der Waals surface area contributed by atoms with Crippen molar-refractivity contribution in [2.45, 2.75) is 24.9 Å². The van der Waals surface area contributed by atoms with Crippen molar-refractivity contribution in [2.75, 3.05) is 16.8 Å². The highest BCUT2D eigenvalue weighted by molar-refractivity contribution is 8.16. The predicted octanol–water partition coefficient (Wildman–Crippen LogP) is 5.42. The van der Waals surface area contributed by atoms with Crippen LogP contribution in [0.2, 0.25) is 0 Å². The zero-order valence-corrected chi connectivity index (χ0v) is 15.1. The maximum absolute atomic E-state index is 12.4. The number of thioether (sulfide) groups is 2. The van der Waals surface area contributed by atoms with Gasteiger partial charge in [-0.05, 0) is 61.1 Å². The van der Waals surface area contributed by atoms with Gasteiger partial charge in [0.1, 0.15) is 0 Å². The van der Waals surface area contributed by atoms with Gasteiger partial charge in [-0.25, -0.2) is 0 Å². The van der Waals surface area contributed by atoms with E-state index in [0.717, 1.165) is 11.3 Å². The third-order valence-electron chi connectivity index (χ3n) is 3.90. The zero-order valence-electron chi connectivity index (χ0n) is 13.5. The van der Waals surface area contributed by atoms with Gasteiger partial charge in [-0.1, -0.05) is 29.8 Å². The molecule has 0 spiro atoms. The molecule has 1 N–H and O–H groups in total. The van der Waals surface area contributed by atoms with Crippen LogP contribution in [0.3, 0.4) is 0 Å². The Labute approximate surface area is 146 Å². The average molecular weight is 344 g/mol. The van der Waals surface area contributed by atoms with Crippen LogP contribution in [-0.4, -0.2) is 17.4 Å². The molecule has 0 aromatic heterocycles. The number of hydrogen-bond acceptors (Lipinski definition) is 3. The second-order valence-electron chi connectivity index (χ2n) is 5.82. The van der Waals surface area contributed by atoms with Crippen LogP contribution >= 0.6 is 23.5 Å². The number of aryl methyl sites for hydroxylation is 2. The Balaban J connectivity index is 1.69. The highest BCUT2D eigenvalue weighted by atomic mass is 32.2. The number of anilines is 1.